The van der Waals surface area contributed by atoms with E-state index in [1.165, 1.54) is 92.9 Å². The van der Waals surface area contributed by atoms with Gasteiger partial charge in [-0.15, -0.1) is 0 Å². The van der Waals surface area contributed by atoms with Crippen molar-refractivity contribution in [2.75, 3.05) is 79.6 Å². The fraction of sp³-hybridized carbons (Fsp3) is 0.558. The zero-order valence-electron chi connectivity index (χ0n) is 31.1. The lowest BCUT2D eigenvalue weighted by Crippen LogP contribution is -2.36. The summed E-state index contributed by atoms with van der Waals surface area (Å²) in [6.45, 7) is 13.2. The topological polar surface area (TPSA) is 48.5 Å². The first-order chi connectivity index (χ1) is 24.4. The Balaban J connectivity index is 1.32. The molecular weight excluding hydrogens is 620 g/mol. The Hall–Kier alpha value is -3.87. The molecule has 0 aliphatic carbocycles. The average molecular weight is 677 g/mol. The van der Waals surface area contributed by atoms with Crippen molar-refractivity contribution in [1.82, 2.24) is 0 Å². The van der Waals surface area contributed by atoms with Gasteiger partial charge in [0.05, 0.1) is 18.0 Å². The van der Waals surface area contributed by atoms with E-state index in [0.29, 0.717) is 13.0 Å². The van der Waals surface area contributed by atoms with Gasteiger partial charge in [-0.05, 0) is 125 Å². The van der Waals surface area contributed by atoms with E-state index in [9.17, 15) is 4.79 Å². The first-order valence-corrected chi connectivity index (χ1v) is 19.7. The average Bonchev–Trinajstić information content (AvgIpc) is 3.13. The van der Waals surface area contributed by atoms with Crippen LogP contribution in [0.15, 0.2) is 24.3 Å². The number of ether oxygens (including phenoxy) is 2. The van der Waals surface area contributed by atoms with Crippen molar-refractivity contribution < 1.29 is 14.3 Å². The number of anilines is 4. The van der Waals surface area contributed by atoms with Crippen LogP contribution in [-0.4, -0.2) is 65.9 Å². The van der Waals surface area contributed by atoms with E-state index in [-0.39, 0.29) is 11.9 Å². The van der Waals surface area contributed by atoms with E-state index in [0.717, 1.165) is 89.3 Å². The standard InChI is InChI=1S/C43H56N4O3/c1-6-28-26-37(45(7-2)19-13-18-38(48)49-8-3)36(44(4)5)27-33(28)39-34-24-29-14-9-20-46-22-11-16-31(40(29)46)42(34)50-43-32-17-12-23-47-21-10-15-30(41(32)47)25-35(39)43/h24-27,39H,6-23H2,1-5H3. The lowest BCUT2D eigenvalue weighted by molar-refractivity contribution is -0.143. The number of esters is 1. The molecule has 0 N–H and O–H groups in total. The van der Waals surface area contributed by atoms with Crippen molar-refractivity contribution >= 4 is 28.7 Å². The maximum absolute atomic E-state index is 12.2. The van der Waals surface area contributed by atoms with Crippen molar-refractivity contribution in [3.05, 3.63) is 68.8 Å². The Morgan fingerprint density at radius 1 is 0.780 bits per heavy atom. The van der Waals surface area contributed by atoms with Crippen molar-refractivity contribution in [3.63, 3.8) is 0 Å². The molecule has 7 heteroatoms. The molecule has 3 aromatic rings. The minimum absolute atomic E-state index is 0.105. The van der Waals surface area contributed by atoms with Crippen LogP contribution in [0, 0.1) is 0 Å². The molecule has 7 nitrogen and oxygen atoms in total. The number of nitrogens with zero attached hydrogens (tertiary/aromatic N) is 4. The number of hydrogen-bond acceptors (Lipinski definition) is 7. The van der Waals surface area contributed by atoms with Gasteiger partial charge >= 0.3 is 5.97 Å². The van der Waals surface area contributed by atoms with Crippen LogP contribution in [0.2, 0.25) is 0 Å². The van der Waals surface area contributed by atoms with E-state index in [1.807, 2.05) is 6.92 Å². The predicted molar refractivity (Wildman–Crippen MR) is 206 cm³/mol. The highest BCUT2D eigenvalue weighted by Gasteiger charge is 2.40. The lowest BCUT2D eigenvalue weighted by Gasteiger charge is -2.43. The van der Waals surface area contributed by atoms with Crippen LogP contribution in [0.3, 0.4) is 0 Å². The SMILES string of the molecule is CCOC(=O)CCCN(CC)c1cc(CC)c(C2c3cc4c5c(c3Oc3c2cc2c6c3CCCN6CCC2)CCCN5CCC4)cc1N(C)C. The summed E-state index contributed by atoms with van der Waals surface area (Å²) < 4.78 is 12.6. The zero-order valence-corrected chi connectivity index (χ0v) is 31.1. The molecule has 0 saturated carbocycles. The lowest BCUT2D eigenvalue weighted by atomic mass is 9.74. The van der Waals surface area contributed by atoms with Gasteiger partial charge in [0, 0.05) is 99.3 Å². The van der Waals surface area contributed by atoms with Crippen LogP contribution < -0.4 is 24.3 Å². The Morgan fingerprint density at radius 2 is 1.36 bits per heavy atom. The molecule has 0 spiro atoms. The summed E-state index contributed by atoms with van der Waals surface area (Å²) in [5.74, 6) is 2.33. The number of carbonyl (C=O) groups excluding carboxylic acids is 1. The minimum Gasteiger partial charge on any atom is -0.466 e. The maximum atomic E-state index is 12.2. The van der Waals surface area contributed by atoms with E-state index < -0.39 is 0 Å². The molecule has 0 amide bonds. The summed E-state index contributed by atoms with van der Waals surface area (Å²) in [6, 6.07) is 10.1. The quantitative estimate of drug-likeness (QED) is 0.157. The molecule has 0 saturated heterocycles. The van der Waals surface area contributed by atoms with Gasteiger partial charge in [-0.3, -0.25) is 4.79 Å². The highest BCUT2D eigenvalue weighted by atomic mass is 16.5. The second kappa shape index (κ2) is 13.7. The first kappa shape index (κ1) is 33.3. The van der Waals surface area contributed by atoms with Crippen LogP contribution in [0.1, 0.15) is 110 Å². The normalized spacial score (nSPS) is 17.3. The van der Waals surface area contributed by atoms with E-state index >= 15 is 0 Å². The van der Waals surface area contributed by atoms with Crippen molar-refractivity contribution in [2.45, 2.75) is 97.3 Å². The molecule has 3 aromatic carbocycles. The molecule has 5 aliphatic heterocycles. The summed E-state index contributed by atoms with van der Waals surface area (Å²) >= 11 is 0. The molecule has 50 heavy (non-hydrogen) atoms. The predicted octanol–water partition coefficient (Wildman–Crippen LogP) is 8.17. The zero-order chi connectivity index (χ0) is 34.5. The maximum Gasteiger partial charge on any atom is 0.305 e. The number of rotatable bonds is 10. The number of aryl methyl sites for hydroxylation is 3. The van der Waals surface area contributed by atoms with Gasteiger partial charge in [-0.1, -0.05) is 6.92 Å². The summed E-state index contributed by atoms with van der Waals surface area (Å²) in [6.07, 6.45) is 11.5. The fourth-order valence-electron chi connectivity index (χ4n) is 9.91. The van der Waals surface area contributed by atoms with Gasteiger partial charge in [0.2, 0.25) is 0 Å². The fourth-order valence-corrected chi connectivity index (χ4v) is 9.91. The van der Waals surface area contributed by atoms with Crippen LogP contribution in [0.4, 0.5) is 22.7 Å². The number of fused-ring (bicyclic) bond motifs is 4. The van der Waals surface area contributed by atoms with Crippen LogP contribution >= 0.6 is 0 Å². The second-order valence-corrected chi connectivity index (χ2v) is 15.3. The Kier molecular flexibility index (Phi) is 9.11. The summed E-state index contributed by atoms with van der Waals surface area (Å²) in [5, 5.41) is 0. The number of hydrogen-bond donors (Lipinski definition) is 0. The highest BCUT2D eigenvalue weighted by molar-refractivity contribution is 5.80. The van der Waals surface area contributed by atoms with Gasteiger partial charge in [0.1, 0.15) is 11.5 Å². The molecule has 0 unspecified atom stereocenters. The molecule has 0 aromatic heterocycles. The van der Waals surface area contributed by atoms with Crippen molar-refractivity contribution in [3.8, 4) is 11.5 Å². The van der Waals surface area contributed by atoms with Crippen molar-refractivity contribution in [2.24, 2.45) is 0 Å². The largest absolute Gasteiger partial charge is 0.466 e. The van der Waals surface area contributed by atoms with Crippen LogP contribution in [0.5, 0.6) is 11.5 Å². The molecule has 266 valence electrons. The van der Waals surface area contributed by atoms with Crippen LogP contribution in [0.25, 0.3) is 0 Å². The van der Waals surface area contributed by atoms with Gasteiger partial charge in [0.15, 0.2) is 0 Å². The highest BCUT2D eigenvalue weighted by Crippen LogP contribution is 2.58. The molecule has 5 aliphatic rings. The van der Waals surface area contributed by atoms with Crippen molar-refractivity contribution in [1.29, 1.82) is 0 Å². The van der Waals surface area contributed by atoms with Crippen LogP contribution in [-0.2, 0) is 41.6 Å². The first-order valence-electron chi connectivity index (χ1n) is 19.7. The third-order valence-corrected chi connectivity index (χ3v) is 12.1. The Labute approximate surface area is 299 Å². The van der Waals surface area contributed by atoms with E-state index in [4.69, 9.17) is 9.47 Å². The third-order valence-electron chi connectivity index (χ3n) is 12.1. The monoisotopic (exact) mass is 676 g/mol. The Bertz CT molecular complexity index is 1710. The smallest absolute Gasteiger partial charge is 0.305 e. The molecule has 0 radical (unpaired) electrons. The minimum atomic E-state index is -0.105. The summed E-state index contributed by atoms with van der Waals surface area (Å²) in [4.78, 5) is 22.2. The molecule has 0 atom stereocenters. The summed E-state index contributed by atoms with van der Waals surface area (Å²) in [5.41, 5.74) is 17.0. The van der Waals surface area contributed by atoms with Gasteiger partial charge in [0.25, 0.3) is 0 Å². The number of benzene rings is 3. The number of carbonyl (C=O) groups is 1. The van der Waals surface area contributed by atoms with E-state index in [2.05, 4.69) is 71.8 Å². The van der Waals surface area contributed by atoms with Gasteiger partial charge in [-0.25, -0.2) is 0 Å². The molecule has 0 bridgehead atoms. The third kappa shape index (κ3) is 5.59. The molecular formula is C43H56N4O3. The second-order valence-electron chi connectivity index (χ2n) is 15.3. The molecule has 5 heterocycles. The Morgan fingerprint density at radius 3 is 1.88 bits per heavy atom. The molecule has 0 fully saturated rings. The van der Waals surface area contributed by atoms with Gasteiger partial charge < -0.3 is 29.1 Å². The van der Waals surface area contributed by atoms with Gasteiger partial charge in [-0.2, -0.15) is 0 Å². The summed E-state index contributed by atoms with van der Waals surface area (Å²) in [7, 11) is 4.35. The van der Waals surface area contributed by atoms with E-state index in [1.54, 1.807) is 0 Å². The molecule has 8 rings (SSSR count).